The first-order chi connectivity index (χ1) is 9.76. The number of carbonyl (C=O) groups is 1. The summed E-state index contributed by atoms with van der Waals surface area (Å²) in [5.41, 5.74) is 11.0. The molecule has 20 heavy (non-hydrogen) atoms. The van der Waals surface area contributed by atoms with Crippen molar-refractivity contribution in [2.45, 2.75) is 71.1 Å². The molecule has 0 rings (SSSR count). The monoisotopic (exact) mass is 285 g/mol. The molecule has 0 unspecified atom stereocenters. The van der Waals surface area contributed by atoms with Crippen molar-refractivity contribution in [1.29, 1.82) is 0 Å². The van der Waals surface area contributed by atoms with Crippen LogP contribution in [0.4, 0.5) is 0 Å². The topological polar surface area (TPSA) is 72.3 Å². The molecular formula is C16H35N3O. The van der Waals surface area contributed by atoms with Gasteiger partial charge in [0.25, 0.3) is 0 Å². The average molecular weight is 285 g/mol. The van der Waals surface area contributed by atoms with Crippen molar-refractivity contribution in [2.24, 2.45) is 11.5 Å². The minimum absolute atomic E-state index is 0.297. The molecule has 0 radical (unpaired) electrons. The number of rotatable bonds is 14. The summed E-state index contributed by atoms with van der Waals surface area (Å²) >= 11 is 0. The maximum Gasteiger partial charge on any atom is 0.222 e. The standard InChI is InChI=1S/C16H35N3O/c1-2-3-4-5-6-7-11-16(20)19(15-10-13-18)14-9-8-12-17/h2-15,17-18H2,1H3. The van der Waals surface area contributed by atoms with E-state index < -0.39 is 0 Å². The molecule has 0 saturated heterocycles. The molecule has 0 saturated carbocycles. The molecule has 0 aromatic heterocycles. The molecule has 0 aliphatic rings. The van der Waals surface area contributed by atoms with Gasteiger partial charge >= 0.3 is 0 Å². The molecule has 0 heterocycles. The van der Waals surface area contributed by atoms with E-state index >= 15 is 0 Å². The quantitative estimate of drug-likeness (QED) is 0.482. The van der Waals surface area contributed by atoms with Crippen molar-refractivity contribution in [3.05, 3.63) is 0 Å². The summed E-state index contributed by atoms with van der Waals surface area (Å²) in [6, 6.07) is 0. The fourth-order valence-corrected chi connectivity index (χ4v) is 2.31. The Kier molecular flexibility index (Phi) is 14.3. The third kappa shape index (κ3) is 11.2. The molecule has 4 N–H and O–H groups in total. The zero-order valence-corrected chi connectivity index (χ0v) is 13.4. The van der Waals surface area contributed by atoms with Gasteiger partial charge in [-0.2, -0.15) is 0 Å². The van der Waals surface area contributed by atoms with Crippen LogP contribution in [0.25, 0.3) is 0 Å². The Balaban J connectivity index is 3.81. The predicted octanol–water partition coefficient (Wildman–Crippen LogP) is 2.65. The molecule has 0 aliphatic heterocycles. The van der Waals surface area contributed by atoms with E-state index in [1.54, 1.807) is 0 Å². The molecule has 1 amide bonds. The Bertz CT molecular complexity index is 222. The van der Waals surface area contributed by atoms with Crippen LogP contribution in [0.15, 0.2) is 0 Å². The minimum atomic E-state index is 0.297. The van der Waals surface area contributed by atoms with Crippen LogP contribution in [-0.2, 0) is 4.79 Å². The first-order valence-corrected chi connectivity index (χ1v) is 8.44. The van der Waals surface area contributed by atoms with E-state index in [-0.39, 0.29) is 0 Å². The second-order valence-electron chi connectivity index (χ2n) is 5.54. The van der Waals surface area contributed by atoms with Gasteiger partial charge in [-0.3, -0.25) is 4.79 Å². The van der Waals surface area contributed by atoms with Gasteiger partial charge in [-0.25, -0.2) is 0 Å². The highest BCUT2D eigenvalue weighted by Crippen LogP contribution is 2.09. The highest BCUT2D eigenvalue weighted by atomic mass is 16.2. The van der Waals surface area contributed by atoms with Gasteiger partial charge in [0, 0.05) is 19.5 Å². The van der Waals surface area contributed by atoms with Crippen LogP contribution in [0.1, 0.15) is 71.1 Å². The van der Waals surface area contributed by atoms with E-state index in [4.69, 9.17) is 11.5 Å². The molecule has 0 aromatic rings. The van der Waals surface area contributed by atoms with E-state index in [0.29, 0.717) is 25.4 Å². The Labute approximate surface area is 125 Å². The molecule has 0 aromatic carbocycles. The van der Waals surface area contributed by atoms with Crippen molar-refractivity contribution >= 4 is 5.91 Å². The van der Waals surface area contributed by atoms with Crippen molar-refractivity contribution in [3.8, 4) is 0 Å². The van der Waals surface area contributed by atoms with E-state index in [2.05, 4.69) is 6.92 Å². The fourth-order valence-electron chi connectivity index (χ4n) is 2.31. The molecular weight excluding hydrogens is 250 g/mol. The lowest BCUT2D eigenvalue weighted by Crippen LogP contribution is -2.34. The summed E-state index contributed by atoms with van der Waals surface area (Å²) in [6.45, 7) is 5.22. The number of hydrogen-bond acceptors (Lipinski definition) is 3. The lowest BCUT2D eigenvalue weighted by atomic mass is 10.1. The predicted molar refractivity (Wildman–Crippen MR) is 86.5 cm³/mol. The third-order valence-corrected chi connectivity index (χ3v) is 3.61. The number of nitrogens with zero attached hydrogens (tertiary/aromatic N) is 1. The largest absolute Gasteiger partial charge is 0.343 e. The van der Waals surface area contributed by atoms with Crippen LogP contribution in [0.5, 0.6) is 0 Å². The van der Waals surface area contributed by atoms with Crippen LogP contribution in [0.2, 0.25) is 0 Å². The van der Waals surface area contributed by atoms with Crippen molar-refractivity contribution in [3.63, 3.8) is 0 Å². The molecule has 0 spiro atoms. The summed E-state index contributed by atoms with van der Waals surface area (Å²) in [5.74, 6) is 0.297. The van der Waals surface area contributed by atoms with Crippen molar-refractivity contribution in [1.82, 2.24) is 4.90 Å². The second-order valence-corrected chi connectivity index (χ2v) is 5.54. The van der Waals surface area contributed by atoms with E-state index in [0.717, 1.165) is 38.8 Å². The van der Waals surface area contributed by atoms with Crippen LogP contribution in [-0.4, -0.2) is 37.0 Å². The molecule has 0 bridgehead atoms. The van der Waals surface area contributed by atoms with E-state index in [1.807, 2.05) is 4.90 Å². The van der Waals surface area contributed by atoms with Crippen LogP contribution in [0, 0.1) is 0 Å². The lowest BCUT2D eigenvalue weighted by Gasteiger charge is -2.22. The smallest absolute Gasteiger partial charge is 0.222 e. The number of amides is 1. The molecule has 0 fully saturated rings. The van der Waals surface area contributed by atoms with Crippen molar-refractivity contribution in [2.75, 3.05) is 26.2 Å². The summed E-state index contributed by atoms with van der Waals surface area (Å²) in [7, 11) is 0. The Morgan fingerprint density at radius 2 is 1.40 bits per heavy atom. The van der Waals surface area contributed by atoms with E-state index in [1.165, 1.54) is 32.1 Å². The lowest BCUT2D eigenvalue weighted by molar-refractivity contribution is -0.131. The summed E-state index contributed by atoms with van der Waals surface area (Å²) < 4.78 is 0. The number of nitrogens with two attached hydrogens (primary N) is 2. The van der Waals surface area contributed by atoms with Gasteiger partial charge in [0.05, 0.1) is 0 Å². The Morgan fingerprint density at radius 1 is 0.800 bits per heavy atom. The summed E-state index contributed by atoms with van der Waals surface area (Å²) in [6.07, 6.45) is 10.9. The van der Waals surface area contributed by atoms with Crippen LogP contribution in [0.3, 0.4) is 0 Å². The van der Waals surface area contributed by atoms with Gasteiger partial charge in [-0.05, 0) is 38.8 Å². The first kappa shape index (κ1) is 19.4. The fraction of sp³-hybridized carbons (Fsp3) is 0.938. The number of unbranched alkanes of at least 4 members (excludes halogenated alkanes) is 6. The van der Waals surface area contributed by atoms with Crippen molar-refractivity contribution < 1.29 is 4.79 Å². The van der Waals surface area contributed by atoms with Gasteiger partial charge in [0.1, 0.15) is 0 Å². The second kappa shape index (κ2) is 14.8. The molecule has 0 atom stereocenters. The molecule has 4 heteroatoms. The normalized spacial score (nSPS) is 10.8. The SMILES string of the molecule is CCCCCCCCC(=O)N(CCCN)CCCCN. The highest BCUT2D eigenvalue weighted by Gasteiger charge is 2.11. The van der Waals surface area contributed by atoms with Gasteiger partial charge < -0.3 is 16.4 Å². The van der Waals surface area contributed by atoms with E-state index in [9.17, 15) is 4.79 Å². The number of hydrogen-bond donors (Lipinski definition) is 2. The van der Waals surface area contributed by atoms with Crippen LogP contribution >= 0.6 is 0 Å². The molecule has 4 nitrogen and oxygen atoms in total. The summed E-state index contributed by atoms with van der Waals surface area (Å²) in [4.78, 5) is 14.2. The van der Waals surface area contributed by atoms with Gasteiger partial charge in [0.15, 0.2) is 0 Å². The van der Waals surface area contributed by atoms with Gasteiger partial charge in [-0.15, -0.1) is 0 Å². The molecule has 0 aliphatic carbocycles. The zero-order chi connectivity index (χ0) is 15.1. The number of carbonyl (C=O) groups excluding carboxylic acids is 1. The maximum atomic E-state index is 12.2. The van der Waals surface area contributed by atoms with Gasteiger partial charge in [-0.1, -0.05) is 39.0 Å². The van der Waals surface area contributed by atoms with Gasteiger partial charge in [0.2, 0.25) is 5.91 Å². The Hall–Kier alpha value is -0.610. The Morgan fingerprint density at radius 3 is 2.05 bits per heavy atom. The van der Waals surface area contributed by atoms with Crippen LogP contribution < -0.4 is 11.5 Å². The average Bonchev–Trinajstić information content (AvgIpc) is 2.46. The highest BCUT2D eigenvalue weighted by molar-refractivity contribution is 5.76. The minimum Gasteiger partial charge on any atom is -0.343 e. The third-order valence-electron chi connectivity index (χ3n) is 3.61. The zero-order valence-electron chi connectivity index (χ0n) is 13.4. The molecule has 120 valence electrons. The first-order valence-electron chi connectivity index (χ1n) is 8.44. The summed E-state index contributed by atoms with van der Waals surface area (Å²) in [5, 5.41) is 0. The maximum absolute atomic E-state index is 12.2.